The van der Waals surface area contributed by atoms with Crippen LogP contribution in [0.4, 0.5) is 5.82 Å². The molecule has 0 aliphatic heterocycles. The highest BCUT2D eigenvalue weighted by Crippen LogP contribution is 2.27. The average molecular weight is 291 g/mol. The lowest BCUT2D eigenvalue weighted by molar-refractivity contribution is 0.434. The monoisotopic (exact) mass is 290 g/mol. The Bertz CT molecular complexity index is 673. The number of benzene rings is 1. The summed E-state index contributed by atoms with van der Waals surface area (Å²) in [5.41, 5.74) is 5.69. The summed E-state index contributed by atoms with van der Waals surface area (Å²) < 4.78 is 5.41. The SMILES string of the molecule is CC(=N)/C(N)=N/c1cnnc(Oc2ccccc2Cl)n1. The van der Waals surface area contributed by atoms with Crippen molar-refractivity contribution in [3.05, 3.63) is 35.5 Å². The van der Waals surface area contributed by atoms with Crippen LogP contribution in [0.25, 0.3) is 0 Å². The standard InChI is InChI=1S/C12H11ClN6O/c1-7(14)11(15)17-10-6-16-19-12(18-10)20-9-5-3-2-4-8(9)13/h2-6,14H,1H3,(H2,15,17,18,19). The van der Waals surface area contributed by atoms with Crippen molar-refractivity contribution in [1.29, 1.82) is 5.41 Å². The first-order chi connectivity index (χ1) is 9.56. The number of ether oxygens (including phenoxy) is 1. The van der Waals surface area contributed by atoms with Gasteiger partial charge in [0.1, 0.15) is 11.6 Å². The summed E-state index contributed by atoms with van der Waals surface area (Å²) in [6, 6.07) is 6.91. The minimum absolute atomic E-state index is 0.00483. The molecule has 1 aromatic heterocycles. The van der Waals surface area contributed by atoms with Crippen LogP contribution in [-0.4, -0.2) is 26.7 Å². The van der Waals surface area contributed by atoms with E-state index in [0.717, 1.165) is 0 Å². The largest absolute Gasteiger partial charge is 0.422 e. The van der Waals surface area contributed by atoms with Gasteiger partial charge in [0, 0.05) is 0 Å². The van der Waals surface area contributed by atoms with E-state index in [1.54, 1.807) is 24.3 Å². The number of halogens is 1. The van der Waals surface area contributed by atoms with E-state index in [4.69, 9.17) is 27.5 Å². The number of hydrogen-bond donors (Lipinski definition) is 2. The molecule has 2 aromatic rings. The first-order valence-corrected chi connectivity index (χ1v) is 5.96. The third-order valence-electron chi connectivity index (χ3n) is 2.18. The summed E-state index contributed by atoms with van der Waals surface area (Å²) in [5.74, 6) is 0.661. The molecule has 1 heterocycles. The summed E-state index contributed by atoms with van der Waals surface area (Å²) in [4.78, 5) is 7.94. The number of aromatic nitrogens is 3. The molecule has 0 spiro atoms. The van der Waals surface area contributed by atoms with E-state index in [1.807, 2.05) is 0 Å². The molecule has 8 heteroatoms. The highest BCUT2D eigenvalue weighted by molar-refractivity contribution is 6.39. The summed E-state index contributed by atoms with van der Waals surface area (Å²) in [6.45, 7) is 1.52. The molecule has 7 nitrogen and oxygen atoms in total. The van der Waals surface area contributed by atoms with Gasteiger partial charge >= 0.3 is 6.01 Å². The van der Waals surface area contributed by atoms with Crippen LogP contribution in [0.1, 0.15) is 6.92 Å². The summed E-state index contributed by atoms with van der Waals surface area (Å²) in [7, 11) is 0. The van der Waals surface area contributed by atoms with Gasteiger partial charge in [-0.2, -0.15) is 4.98 Å². The van der Waals surface area contributed by atoms with Gasteiger partial charge in [-0.25, -0.2) is 4.99 Å². The maximum atomic E-state index is 7.34. The molecule has 20 heavy (non-hydrogen) atoms. The maximum absolute atomic E-state index is 7.34. The van der Waals surface area contributed by atoms with E-state index in [2.05, 4.69) is 20.2 Å². The minimum atomic E-state index is -0.00483. The summed E-state index contributed by atoms with van der Waals surface area (Å²) >= 11 is 5.96. The Labute approximate surface area is 120 Å². The molecule has 0 unspecified atom stereocenters. The van der Waals surface area contributed by atoms with Crippen LogP contribution in [0.3, 0.4) is 0 Å². The third-order valence-corrected chi connectivity index (χ3v) is 2.50. The van der Waals surface area contributed by atoms with Crippen LogP contribution in [0.2, 0.25) is 5.02 Å². The van der Waals surface area contributed by atoms with Crippen LogP contribution in [0, 0.1) is 5.41 Å². The predicted molar refractivity (Wildman–Crippen MR) is 76.0 cm³/mol. The highest BCUT2D eigenvalue weighted by Gasteiger charge is 2.06. The Morgan fingerprint density at radius 1 is 1.40 bits per heavy atom. The van der Waals surface area contributed by atoms with Gasteiger partial charge < -0.3 is 15.9 Å². The number of nitrogens with zero attached hydrogens (tertiary/aromatic N) is 4. The zero-order valence-corrected chi connectivity index (χ0v) is 11.3. The van der Waals surface area contributed by atoms with E-state index < -0.39 is 0 Å². The molecule has 0 saturated carbocycles. The van der Waals surface area contributed by atoms with Gasteiger partial charge in [-0.3, -0.25) is 0 Å². The quantitative estimate of drug-likeness (QED) is 0.663. The van der Waals surface area contributed by atoms with Gasteiger partial charge in [0.25, 0.3) is 0 Å². The maximum Gasteiger partial charge on any atom is 0.343 e. The summed E-state index contributed by atoms with van der Waals surface area (Å²) in [5, 5.41) is 15.2. The number of hydrogen-bond acceptors (Lipinski definition) is 6. The number of aliphatic imine (C=N–C) groups is 1. The molecule has 0 aliphatic carbocycles. The van der Waals surface area contributed by atoms with Crippen LogP contribution in [-0.2, 0) is 0 Å². The molecule has 0 bridgehead atoms. The Hall–Kier alpha value is -2.54. The molecule has 1 aromatic carbocycles. The van der Waals surface area contributed by atoms with Gasteiger partial charge in [0.2, 0.25) is 0 Å². The van der Waals surface area contributed by atoms with Gasteiger partial charge in [-0.05, 0) is 19.1 Å². The number of para-hydroxylation sites is 1. The van der Waals surface area contributed by atoms with Gasteiger partial charge in [0.15, 0.2) is 5.82 Å². The smallest absolute Gasteiger partial charge is 0.343 e. The zero-order valence-electron chi connectivity index (χ0n) is 10.5. The Balaban J connectivity index is 2.25. The second-order valence-electron chi connectivity index (χ2n) is 3.75. The van der Waals surface area contributed by atoms with Crippen LogP contribution < -0.4 is 10.5 Å². The van der Waals surface area contributed by atoms with Crippen molar-refractivity contribution in [2.75, 3.05) is 0 Å². The third kappa shape index (κ3) is 3.48. The second kappa shape index (κ2) is 6.07. The van der Waals surface area contributed by atoms with Crippen LogP contribution in [0.15, 0.2) is 35.5 Å². The summed E-state index contributed by atoms with van der Waals surface area (Å²) in [6.07, 6.45) is 1.31. The van der Waals surface area contributed by atoms with Gasteiger partial charge in [-0.1, -0.05) is 28.8 Å². The fraction of sp³-hybridized carbons (Fsp3) is 0.0833. The minimum Gasteiger partial charge on any atom is -0.422 e. The lowest BCUT2D eigenvalue weighted by Crippen LogP contribution is -2.19. The van der Waals surface area contributed by atoms with Crippen molar-refractivity contribution in [2.24, 2.45) is 10.7 Å². The molecule has 0 atom stereocenters. The Morgan fingerprint density at radius 3 is 2.85 bits per heavy atom. The Kier molecular flexibility index (Phi) is 4.21. The highest BCUT2D eigenvalue weighted by atomic mass is 35.5. The molecule has 0 fully saturated rings. The molecular formula is C12H11ClN6O. The molecule has 0 aliphatic rings. The molecule has 102 valence electrons. The number of rotatable bonds is 4. The molecule has 3 N–H and O–H groups in total. The normalized spacial score (nSPS) is 11.2. The van der Waals surface area contributed by atoms with Crippen molar-refractivity contribution < 1.29 is 4.74 Å². The molecule has 2 rings (SSSR count). The molecule has 0 radical (unpaired) electrons. The van der Waals surface area contributed by atoms with Gasteiger partial charge in [0.05, 0.1) is 16.9 Å². The second-order valence-corrected chi connectivity index (χ2v) is 4.16. The molecule has 0 saturated heterocycles. The lowest BCUT2D eigenvalue weighted by atomic mass is 10.3. The van der Waals surface area contributed by atoms with Crippen molar-refractivity contribution in [1.82, 2.24) is 15.2 Å². The molecular weight excluding hydrogens is 280 g/mol. The Morgan fingerprint density at radius 2 is 2.15 bits per heavy atom. The van der Waals surface area contributed by atoms with E-state index in [0.29, 0.717) is 10.8 Å². The molecule has 0 amide bonds. The van der Waals surface area contributed by atoms with Crippen molar-refractivity contribution in [3.8, 4) is 11.8 Å². The predicted octanol–water partition coefficient (Wildman–Crippen LogP) is 2.35. The van der Waals surface area contributed by atoms with Crippen LogP contribution in [0.5, 0.6) is 11.8 Å². The fourth-order valence-electron chi connectivity index (χ4n) is 1.21. The van der Waals surface area contributed by atoms with Crippen molar-refractivity contribution >= 4 is 29.0 Å². The van der Waals surface area contributed by atoms with Crippen molar-refractivity contribution in [2.45, 2.75) is 6.92 Å². The van der Waals surface area contributed by atoms with Crippen LogP contribution >= 0.6 is 11.6 Å². The zero-order chi connectivity index (χ0) is 14.5. The van der Waals surface area contributed by atoms with E-state index in [-0.39, 0.29) is 23.4 Å². The number of amidine groups is 1. The first kappa shape index (κ1) is 13.9. The fourth-order valence-corrected chi connectivity index (χ4v) is 1.38. The average Bonchev–Trinajstić information content (AvgIpc) is 2.42. The lowest BCUT2D eigenvalue weighted by Gasteiger charge is -2.04. The van der Waals surface area contributed by atoms with Gasteiger partial charge in [-0.15, -0.1) is 5.10 Å². The van der Waals surface area contributed by atoms with Crippen molar-refractivity contribution in [3.63, 3.8) is 0 Å². The number of nitrogens with two attached hydrogens (primary N) is 1. The van der Waals surface area contributed by atoms with E-state index in [1.165, 1.54) is 13.1 Å². The number of nitrogens with one attached hydrogen (secondary N) is 1. The first-order valence-electron chi connectivity index (χ1n) is 5.58. The van der Waals surface area contributed by atoms with E-state index >= 15 is 0 Å². The van der Waals surface area contributed by atoms with E-state index in [9.17, 15) is 0 Å². The topological polar surface area (TPSA) is 110 Å².